The third-order valence-electron chi connectivity index (χ3n) is 3.00. The second-order valence-electron chi connectivity index (χ2n) is 4.33. The van der Waals surface area contributed by atoms with Gasteiger partial charge < -0.3 is 5.32 Å². The zero-order chi connectivity index (χ0) is 14.1. The maximum Gasteiger partial charge on any atom is 0.249 e. The molecule has 2 amide bonds. The van der Waals surface area contributed by atoms with Crippen molar-refractivity contribution in [3.8, 4) is 0 Å². The fraction of sp³-hybridized carbons (Fsp3) is 0.273. The fourth-order valence-corrected chi connectivity index (χ4v) is 2.79. The van der Waals surface area contributed by atoms with Gasteiger partial charge >= 0.3 is 0 Å². The molecule has 1 unspecified atom stereocenters. The molecular formula is C11H12N6O2S. The summed E-state index contributed by atoms with van der Waals surface area (Å²) in [6.45, 7) is 0. The molecule has 0 radical (unpaired) electrons. The van der Waals surface area contributed by atoms with Gasteiger partial charge in [0.2, 0.25) is 17.8 Å². The topological polar surface area (TPSA) is 122 Å². The van der Waals surface area contributed by atoms with Crippen LogP contribution in [0.4, 0.5) is 11.8 Å². The first-order valence-electron chi connectivity index (χ1n) is 5.99. The summed E-state index contributed by atoms with van der Waals surface area (Å²) in [6, 6.07) is 1.38. The molecule has 3 rings (SSSR count). The number of piperidine rings is 1. The molecule has 3 heterocycles. The lowest BCUT2D eigenvalue weighted by Gasteiger charge is -2.22. The summed E-state index contributed by atoms with van der Waals surface area (Å²) in [7, 11) is 0. The van der Waals surface area contributed by atoms with E-state index in [0.29, 0.717) is 18.7 Å². The van der Waals surface area contributed by atoms with Gasteiger partial charge in [-0.25, -0.2) is 10.8 Å². The Morgan fingerprint density at radius 1 is 1.40 bits per heavy atom. The van der Waals surface area contributed by atoms with Gasteiger partial charge in [0, 0.05) is 6.42 Å². The number of rotatable bonds is 3. The molecule has 2 aromatic rings. The Kier molecular flexibility index (Phi) is 3.20. The Morgan fingerprint density at radius 3 is 3.00 bits per heavy atom. The molecule has 0 bridgehead atoms. The number of anilines is 2. The van der Waals surface area contributed by atoms with Gasteiger partial charge in [0.1, 0.15) is 16.7 Å². The highest BCUT2D eigenvalue weighted by Crippen LogP contribution is 2.27. The van der Waals surface area contributed by atoms with E-state index < -0.39 is 6.04 Å². The number of nitrogens with one attached hydrogen (secondary N) is 3. The molecule has 2 aromatic heterocycles. The van der Waals surface area contributed by atoms with E-state index in [2.05, 4.69) is 26.0 Å². The molecule has 0 saturated carbocycles. The van der Waals surface area contributed by atoms with Gasteiger partial charge in [0.15, 0.2) is 0 Å². The number of hydrogen-bond acceptors (Lipinski definition) is 8. The van der Waals surface area contributed by atoms with Crippen molar-refractivity contribution in [2.75, 3.05) is 10.7 Å². The number of thiophene rings is 1. The highest BCUT2D eigenvalue weighted by atomic mass is 32.1. The number of aromatic nitrogens is 2. The Balaban J connectivity index is 1.91. The summed E-state index contributed by atoms with van der Waals surface area (Å²) in [5, 5.41) is 8.05. The van der Waals surface area contributed by atoms with E-state index in [1.165, 1.54) is 11.3 Å². The zero-order valence-electron chi connectivity index (χ0n) is 10.3. The SMILES string of the molecule is NNc1nc(NC2CCC(=O)NC2=O)c2ccsc2n1. The van der Waals surface area contributed by atoms with Crippen LogP contribution in [0.25, 0.3) is 10.2 Å². The number of nitrogen functional groups attached to an aromatic ring is 1. The number of amides is 2. The molecule has 1 atom stereocenters. The Hall–Kier alpha value is -2.26. The van der Waals surface area contributed by atoms with Crippen LogP contribution in [0.1, 0.15) is 12.8 Å². The van der Waals surface area contributed by atoms with Gasteiger partial charge in [-0.05, 0) is 17.9 Å². The summed E-state index contributed by atoms with van der Waals surface area (Å²) in [5.41, 5.74) is 2.39. The molecule has 5 N–H and O–H groups in total. The number of carbonyl (C=O) groups is 2. The Bertz CT molecular complexity index is 685. The van der Waals surface area contributed by atoms with E-state index in [-0.39, 0.29) is 17.8 Å². The molecule has 20 heavy (non-hydrogen) atoms. The van der Waals surface area contributed by atoms with E-state index in [1.54, 1.807) is 0 Å². The Morgan fingerprint density at radius 2 is 2.25 bits per heavy atom. The number of nitrogens with two attached hydrogens (primary N) is 1. The summed E-state index contributed by atoms with van der Waals surface area (Å²) < 4.78 is 0. The first-order chi connectivity index (χ1) is 9.67. The number of carbonyl (C=O) groups excluding carboxylic acids is 2. The fourth-order valence-electron chi connectivity index (χ4n) is 2.03. The minimum Gasteiger partial charge on any atom is -0.358 e. The molecule has 0 aliphatic carbocycles. The maximum absolute atomic E-state index is 11.8. The van der Waals surface area contributed by atoms with E-state index in [0.717, 1.165) is 10.2 Å². The average Bonchev–Trinajstić information content (AvgIpc) is 2.90. The van der Waals surface area contributed by atoms with Crippen molar-refractivity contribution >= 4 is 45.1 Å². The molecule has 1 fully saturated rings. The van der Waals surface area contributed by atoms with E-state index in [1.807, 2.05) is 11.4 Å². The van der Waals surface area contributed by atoms with Gasteiger partial charge in [-0.1, -0.05) is 0 Å². The standard InChI is InChI=1S/C11H12N6O2S/c12-17-11-15-8(5-3-4-20-10(5)16-11)13-6-1-2-7(18)14-9(6)19/h3-4,6H,1-2,12H2,(H,14,18,19)(H2,13,15,16,17). The number of hydrogen-bond donors (Lipinski definition) is 4. The molecule has 0 spiro atoms. The van der Waals surface area contributed by atoms with Crippen LogP contribution in [0.3, 0.4) is 0 Å². The van der Waals surface area contributed by atoms with Crippen LogP contribution in [0.15, 0.2) is 11.4 Å². The van der Waals surface area contributed by atoms with E-state index in [9.17, 15) is 9.59 Å². The van der Waals surface area contributed by atoms with Crippen molar-refractivity contribution in [2.24, 2.45) is 5.84 Å². The highest BCUT2D eigenvalue weighted by molar-refractivity contribution is 7.16. The van der Waals surface area contributed by atoms with Gasteiger partial charge in [0.25, 0.3) is 0 Å². The lowest BCUT2D eigenvalue weighted by Crippen LogP contribution is -2.47. The minimum absolute atomic E-state index is 0.249. The lowest BCUT2D eigenvalue weighted by molar-refractivity contribution is -0.133. The Labute approximate surface area is 117 Å². The molecular weight excluding hydrogens is 280 g/mol. The maximum atomic E-state index is 11.8. The summed E-state index contributed by atoms with van der Waals surface area (Å²) in [5.74, 6) is 5.54. The number of hydrazine groups is 1. The summed E-state index contributed by atoms with van der Waals surface area (Å²) >= 11 is 1.45. The van der Waals surface area contributed by atoms with Crippen LogP contribution in [-0.4, -0.2) is 27.8 Å². The van der Waals surface area contributed by atoms with Crippen molar-refractivity contribution < 1.29 is 9.59 Å². The number of nitrogens with zero attached hydrogens (tertiary/aromatic N) is 2. The van der Waals surface area contributed by atoms with E-state index >= 15 is 0 Å². The van der Waals surface area contributed by atoms with Gasteiger partial charge in [-0.2, -0.15) is 4.98 Å². The van der Waals surface area contributed by atoms with Crippen LogP contribution < -0.4 is 21.9 Å². The molecule has 9 heteroatoms. The molecule has 8 nitrogen and oxygen atoms in total. The minimum atomic E-state index is -0.490. The normalized spacial score (nSPS) is 18.9. The predicted molar refractivity (Wildman–Crippen MR) is 75.0 cm³/mol. The van der Waals surface area contributed by atoms with Crippen LogP contribution in [0, 0.1) is 0 Å². The van der Waals surface area contributed by atoms with E-state index in [4.69, 9.17) is 5.84 Å². The number of imide groups is 1. The summed E-state index contributed by atoms with van der Waals surface area (Å²) in [6.07, 6.45) is 0.745. The van der Waals surface area contributed by atoms with Gasteiger partial charge in [0.05, 0.1) is 5.39 Å². The van der Waals surface area contributed by atoms with Crippen molar-refractivity contribution in [1.29, 1.82) is 0 Å². The third-order valence-corrected chi connectivity index (χ3v) is 3.81. The van der Waals surface area contributed by atoms with Crippen molar-refractivity contribution in [2.45, 2.75) is 18.9 Å². The zero-order valence-corrected chi connectivity index (χ0v) is 11.2. The van der Waals surface area contributed by atoms with Gasteiger partial charge in [-0.15, -0.1) is 11.3 Å². The third kappa shape index (κ3) is 2.28. The van der Waals surface area contributed by atoms with Crippen molar-refractivity contribution in [3.63, 3.8) is 0 Å². The predicted octanol–water partition coefficient (Wildman–Crippen LogP) is 0.194. The summed E-state index contributed by atoms with van der Waals surface area (Å²) in [4.78, 5) is 32.1. The van der Waals surface area contributed by atoms with Crippen LogP contribution >= 0.6 is 11.3 Å². The number of fused-ring (bicyclic) bond motifs is 1. The molecule has 1 aliphatic rings. The van der Waals surface area contributed by atoms with Crippen molar-refractivity contribution in [3.05, 3.63) is 11.4 Å². The first kappa shape index (κ1) is 12.8. The smallest absolute Gasteiger partial charge is 0.249 e. The lowest BCUT2D eigenvalue weighted by atomic mass is 10.1. The molecule has 1 saturated heterocycles. The quantitative estimate of drug-likeness (QED) is 0.362. The van der Waals surface area contributed by atoms with Crippen LogP contribution in [0.2, 0.25) is 0 Å². The molecule has 104 valence electrons. The van der Waals surface area contributed by atoms with Crippen LogP contribution in [-0.2, 0) is 9.59 Å². The second kappa shape index (κ2) is 5.02. The molecule has 0 aromatic carbocycles. The average molecular weight is 292 g/mol. The first-order valence-corrected chi connectivity index (χ1v) is 6.87. The molecule has 1 aliphatic heterocycles. The monoisotopic (exact) mass is 292 g/mol. The van der Waals surface area contributed by atoms with Crippen molar-refractivity contribution in [1.82, 2.24) is 15.3 Å². The van der Waals surface area contributed by atoms with Gasteiger partial charge in [-0.3, -0.25) is 20.3 Å². The van der Waals surface area contributed by atoms with Crippen LogP contribution in [0.5, 0.6) is 0 Å². The largest absolute Gasteiger partial charge is 0.358 e. The highest BCUT2D eigenvalue weighted by Gasteiger charge is 2.27. The second-order valence-corrected chi connectivity index (χ2v) is 5.22.